The summed E-state index contributed by atoms with van der Waals surface area (Å²) in [6, 6.07) is 0.259. The van der Waals surface area contributed by atoms with E-state index in [2.05, 4.69) is 15.0 Å². The molecule has 9 heteroatoms. The van der Waals surface area contributed by atoms with E-state index < -0.39 is 0 Å². The maximum atomic E-state index is 12.8. The minimum Gasteiger partial charge on any atom is -0.460 e. The Kier molecular flexibility index (Phi) is 5.58. The molecule has 154 valence electrons. The monoisotopic (exact) mass is 415 g/mol. The fourth-order valence-corrected chi connectivity index (χ4v) is 4.85. The van der Waals surface area contributed by atoms with Gasteiger partial charge in [0.25, 0.3) is 5.56 Å². The molecule has 1 atom stereocenters. The van der Waals surface area contributed by atoms with Gasteiger partial charge in [0.1, 0.15) is 6.10 Å². The third-order valence-corrected chi connectivity index (χ3v) is 6.65. The maximum Gasteiger partial charge on any atom is 0.316 e. The second-order valence-electron chi connectivity index (χ2n) is 7.69. The van der Waals surface area contributed by atoms with E-state index in [1.54, 1.807) is 35.6 Å². The number of hydrogen-bond acceptors (Lipinski definition) is 7. The molecule has 2 aromatic heterocycles. The smallest absolute Gasteiger partial charge is 0.316 e. The van der Waals surface area contributed by atoms with Crippen LogP contribution in [0.25, 0.3) is 0 Å². The van der Waals surface area contributed by atoms with Crippen molar-refractivity contribution < 1.29 is 9.53 Å². The third-order valence-electron chi connectivity index (χ3n) is 5.56. The number of amides is 1. The largest absolute Gasteiger partial charge is 0.460 e. The first-order valence-corrected chi connectivity index (χ1v) is 10.9. The van der Waals surface area contributed by atoms with Crippen LogP contribution in [0.4, 0.5) is 0 Å². The Labute approximate surface area is 173 Å². The molecule has 0 spiro atoms. The molecule has 0 saturated carbocycles. The molecule has 29 heavy (non-hydrogen) atoms. The van der Waals surface area contributed by atoms with Gasteiger partial charge in [-0.05, 0) is 26.3 Å². The predicted octanol–water partition coefficient (Wildman–Crippen LogP) is 2.07. The van der Waals surface area contributed by atoms with Crippen molar-refractivity contribution in [2.24, 2.45) is 0 Å². The first kappa shape index (κ1) is 19.9. The molecule has 1 saturated heterocycles. The Morgan fingerprint density at radius 1 is 1.21 bits per heavy atom. The molecule has 0 N–H and O–H groups in total. The summed E-state index contributed by atoms with van der Waals surface area (Å²) in [5.41, 5.74) is 2.38. The van der Waals surface area contributed by atoms with E-state index in [9.17, 15) is 9.59 Å². The SMILES string of the molecule is Cc1cnc(OC2CCN(C(=O)CC3CSc4nc(C)c(C)c(=O)n43)CC2)nc1. The van der Waals surface area contributed by atoms with Crippen molar-refractivity contribution in [1.82, 2.24) is 24.4 Å². The molecule has 2 aliphatic rings. The average molecular weight is 416 g/mol. The number of nitrogens with zero attached hydrogens (tertiary/aromatic N) is 5. The van der Waals surface area contributed by atoms with Gasteiger partial charge in [0.2, 0.25) is 5.91 Å². The summed E-state index contributed by atoms with van der Waals surface area (Å²) in [5.74, 6) is 0.792. The zero-order valence-corrected chi connectivity index (χ0v) is 17.7. The van der Waals surface area contributed by atoms with Crippen molar-refractivity contribution in [2.45, 2.75) is 57.3 Å². The molecule has 4 rings (SSSR count). The van der Waals surface area contributed by atoms with Gasteiger partial charge in [0.15, 0.2) is 5.16 Å². The standard InChI is InChI=1S/C20H25N5O3S/c1-12-9-21-19(22-10-12)28-16-4-6-24(7-5-16)17(26)8-15-11-29-20-23-14(3)13(2)18(27)25(15)20/h9-10,15-16H,4-8,11H2,1-3H3. The topological polar surface area (TPSA) is 90.2 Å². The lowest BCUT2D eigenvalue weighted by Gasteiger charge is -2.32. The van der Waals surface area contributed by atoms with Crippen LogP contribution in [0.1, 0.15) is 42.1 Å². The summed E-state index contributed by atoms with van der Waals surface area (Å²) in [7, 11) is 0. The van der Waals surface area contributed by atoms with Crippen molar-refractivity contribution in [1.29, 1.82) is 0 Å². The van der Waals surface area contributed by atoms with E-state index in [4.69, 9.17) is 4.74 Å². The van der Waals surface area contributed by atoms with Crippen LogP contribution in [0.5, 0.6) is 6.01 Å². The zero-order chi connectivity index (χ0) is 20.5. The minimum absolute atomic E-state index is 0.0157. The lowest BCUT2D eigenvalue weighted by molar-refractivity contribution is -0.133. The normalized spacial score (nSPS) is 19.3. The molecule has 1 amide bonds. The molecular formula is C20H25N5O3S. The van der Waals surface area contributed by atoms with Gasteiger partial charge in [-0.1, -0.05) is 11.8 Å². The van der Waals surface area contributed by atoms with E-state index in [0.29, 0.717) is 36.8 Å². The third kappa shape index (κ3) is 4.14. The second kappa shape index (κ2) is 8.14. The molecule has 0 radical (unpaired) electrons. The van der Waals surface area contributed by atoms with Gasteiger partial charge in [0, 0.05) is 61.8 Å². The summed E-state index contributed by atoms with van der Waals surface area (Å²) in [4.78, 5) is 40.2. The average Bonchev–Trinajstić information content (AvgIpc) is 3.11. The number of likely N-dealkylation sites (tertiary alicyclic amines) is 1. The van der Waals surface area contributed by atoms with E-state index in [0.717, 1.165) is 29.3 Å². The molecule has 1 unspecified atom stereocenters. The number of aryl methyl sites for hydroxylation is 2. The summed E-state index contributed by atoms with van der Waals surface area (Å²) in [6.45, 7) is 6.86. The summed E-state index contributed by atoms with van der Waals surface area (Å²) in [5, 5.41) is 0.723. The van der Waals surface area contributed by atoms with Gasteiger partial charge in [-0.3, -0.25) is 14.2 Å². The minimum atomic E-state index is -0.128. The molecule has 0 bridgehead atoms. The lowest BCUT2D eigenvalue weighted by atomic mass is 10.1. The first-order valence-electron chi connectivity index (χ1n) is 9.88. The number of fused-ring (bicyclic) bond motifs is 1. The van der Waals surface area contributed by atoms with Crippen molar-refractivity contribution in [3.8, 4) is 6.01 Å². The van der Waals surface area contributed by atoms with Crippen LogP contribution in [0.3, 0.4) is 0 Å². The van der Waals surface area contributed by atoms with Crippen LogP contribution in [0.2, 0.25) is 0 Å². The lowest BCUT2D eigenvalue weighted by Crippen LogP contribution is -2.43. The number of aromatic nitrogens is 4. The highest BCUT2D eigenvalue weighted by atomic mass is 32.2. The predicted molar refractivity (Wildman–Crippen MR) is 109 cm³/mol. The Bertz CT molecular complexity index is 967. The summed E-state index contributed by atoms with van der Waals surface area (Å²) in [6.07, 6.45) is 5.31. The Morgan fingerprint density at radius 3 is 2.59 bits per heavy atom. The van der Waals surface area contributed by atoms with Gasteiger partial charge in [-0.15, -0.1) is 0 Å². The number of carbonyl (C=O) groups excluding carboxylic acids is 1. The number of rotatable bonds is 4. The molecule has 4 heterocycles. The molecule has 0 aliphatic carbocycles. The zero-order valence-electron chi connectivity index (χ0n) is 16.9. The van der Waals surface area contributed by atoms with E-state index in [1.807, 2.05) is 18.7 Å². The van der Waals surface area contributed by atoms with Crippen LogP contribution >= 0.6 is 11.8 Å². The summed E-state index contributed by atoms with van der Waals surface area (Å²) < 4.78 is 7.55. The fourth-order valence-electron chi connectivity index (χ4n) is 3.67. The highest BCUT2D eigenvalue weighted by Gasteiger charge is 2.31. The van der Waals surface area contributed by atoms with Gasteiger partial charge < -0.3 is 9.64 Å². The number of piperidine rings is 1. The molecule has 1 fully saturated rings. The molecule has 8 nitrogen and oxygen atoms in total. The Hall–Kier alpha value is -2.42. The fraction of sp³-hybridized carbons (Fsp3) is 0.550. The number of hydrogen-bond donors (Lipinski definition) is 0. The van der Waals surface area contributed by atoms with Crippen LogP contribution in [0.15, 0.2) is 22.3 Å². The van der Waals surface area contributed by atoms with E-state index in [1.165, 1.54) is 0 Å². The highest BCUT2D eigenvalue weighted by molar-refractivity contribution is 7.99. The van der Waals surface area contributed by atoms with Gasteiger partial charge >= 0.3 is 6.01 Å². The van der Waals surface area contributed by atoms with Crippen LogP contribution in [-0.2, 0) is 4.79 Å². The van der Waals surface area contributed by atoms with Crippen molar-refractivity contribution in [3.63, 3.8) is 0 Å². The molecule has 2 aromatic rings. The second-order valence-corrected chi connectivity index (χ2v) is 8.68. The molecule has 2 aliphatic heterocycles. The van der Waals surface area contributed by atoms with Gasteiger partial charge in [-0.2, -0.15) is 0 Å². The van der Waals surface area contributed by atoms with Crippen LogP contribution in [0, 0.1) is 20.8 Å². The number of thioether (sulfide) groups is 1. The quantitative estimate of drug-likeness (QED) is 0.706. The van der Waals surface area contributed by atoms with Crippen molar-refractivity contribution in [2.75, 3.05) is 18.8 Å². The first-order chi connectivity index (χ1) is 13.9. The van der Waals surface area contributed by atoms with Crippen molar-refractivity contribution >= 4 is 17.7 Å². The van der Waals surface area contributed by atoms with Gasteiger partial charge in [0.05, 0.1) is 6.04 Å². The van der Waals surface area contributed by atoms with E-state index in [-0.39, 0.29) is 23.6 Å². The van der Waals surface area contributed by atoms with Crippen molar-refractivity contribution in [3.05, 3.63) is 39.6 Å². The number of ether oxygens (including phenoxy) is 1. The van der Waals surface area contributed by atoms with Gasteiger partial charge in [-0.25, -0.2) is 15.0 Å². The molecular weight excluding hydrogens is 390 g/mol. The Balaban J connectivity index is 1.34. The number of carbonyl (C=O) groups is 1. The van der Waals surface area contributed by atoms with Crippen LogP contribution in [-0.4, -0.2) is 55.3 Å². The highest BCUT2D eigenvalue weighted by Crippen LogP contribution is 2.33. The van der Waals surface area contributed by atoms with Crippen LogP contribution < -0.4 is 10.3 Å². The van der Waals surface area contributed by atoms with E-state index >= 15 is 0 Å². The Morgan fingerprint density at radius 2 is 1.90 bits per heavy atom. The maximum absolute atomic E-state index is 12.8. The molecule has 0 aromatic carbocycles. The summed E-state index contributed by atoms with van der Waals surface area (Å²) >= 11 is 1.55.